The van der Waals surface area contributed by atoms with E-state index in [0.717, 1.165) is 21.0 Å². The smallest absolute Gasteiger partial charge is 0.264 e. The summed E-state index contributed by atoms with van der Waals surface area (Å²) < 4.78 is 29.4. The lowest BCUT2D eigenvalue weighted by molar-refractivity contribution is -0.140. The summed E-state index contributed by atoms with van der Waals surface area (Å²) >= 11 is 12.7. The Morgan fingerprint density at radius 1 is 0.844 bits per heavy atom. The van der Waals surface area contributed by atoms with Crippen LogP contribution in [0.4, 0.5) is 5.69 Å². The van der Waals surface area contributed by atoms with Crippen molar-refractivity contribution in [2.45, 2.75) is 51.1 Å². The van der Waals surface area contributed by atoms with Gasteiger partial charge in [-0.3, -0.25) is 13.9 Å². The Balaban J connectivity index is 1.83. The maximum absolute atomic E-state index is 14.5. The highest BCUT2D eigenvalue weighted by atomic mass is 35.5. The minimum atomic E-state index is -4.18. The zero-order valence-corrected chi connectivity index (χ0v) is 27.9. The molecule has 0 aromatic heterocycles. The fourth-order valence-corrected chi connectivity index (χ4v) is 6.98. The summed E-state index contributed by atoms with van der Waals surface area (Å²) in [6, 6.07) is 26.8. The Kier molecular flexibility index (Phi) is 11.7. The normalized spacial score (nSPS) is 11.9. The van der Waals surface area contributed by atoms with Crippen LogP contribution in [-0.2, 0) is 32.6 Å². The number of rotatable bonds is 13. The van der Waals surface area contributed by atoms with Crippen LogP contribution in [0.1, 0.15) is 35.6 Å². The molecule has 236 valence electrons. The van der Waals surface area contributed by atoms with E-state index in [9.17, 15) is 18.0 Å². The molecule has 0 fully saturated rings. The first-order chi connectivity index (χ1) is 21.5. The second-order valence-electron chi connectivity index (χ2n) is 10.9. The fourth-order valence-electron chi connectivity index (χ4n) is 5.10. The number of aryl methyl sites for hydroxylation is 2. The van der Waals surface area contributed by atoms with Gasteiger partial charge in [0.25, 0.3) is 10.0 Å². The SMILES string of the molecule is CCCNC(=O)C(Cc1ccccc1)N(Cc1ccc(Cl)cc1Cl)C(=O)CN(c1cc(C)cc(C)c1)S(=O)(=O)c1ccccc1. The second kappa shape index (κ2) is 15.4. The molecule has 10 heteroatoms. The summed E-state index contributed by atoms with van der Waals surface area (Å²) in [5.41, 5.74) is 3.45. The van der Waals surface area contributed by atoms with Crippen molar-refractivity contribution in [2.24, 2.45) is 0 Å². The third-order valence-corrected chi connectivity index (χ3v) is 9.66. The lowest BCUT2D eigenvalue weighted by Gasteiger charge is -2.34. The van der Waals surface area contributed by atoms with Gasteiger partial charge in [0, 0.05) is 29.6 Å². The van der Waals surface area contributed by atoms with Gasteiger partial charge in [0.2, 0.25) is 11.8 Å². The van der Waals surface area contributed by atoms with Crippen molar-refractivity contribution < 1.29 is 18.0 Å². The van der Waals surface area contributed by atoms with Gasteiger partial charge in [-0.2, -0.15) is 0 Å². The average Bonchev–Trinajstić information content (AvgIpc) is 3.01. The maximum atomic E-state index is 14.5. The minimum Gasteiger partial charge on any atom is -0.354 e. The van der Waals surface area contributed by atoms with Crippen LogP contribution in [0.25, 0.3) is 0 Å². The third kappa shape index (κ3) is 8.87. The summed E-state index contributed by atoms with van der Waals surface area (Å²) in [5, 5.41) is 3.69. The first-order valence-corrected chi connectivity index (χ1v) is 16.9. The number of nitrogens with zero attached hydrogens (tertiary/aromatic N) is 2. The van der Waals surface area contributed by atoms with Gasteiger partial charge in [0.15, 0.2) is 0 Å². The zero-order valence-electron chi connectivity index (χ0n) is 25.5. The van der Waals surface area contributed by atoms with E-state index in [2.05, 4.69) is 5.32 Å². The lowest BCUT2D eigenvalue weighted by atomic mass is 10.0. The van der Waals surface area contributed by atoms with Gasteiger partial charge in [0.1, 0.15) is 12.6 Å². The first kappa shape index (κ1) is 34.0. The van der Waals surface area contributed by atoms with Crippen LogP contribution >= 0.6 is 23.2 Å². The molecule has 0 spiro atoms. The number of nitrogens with one attached hydrogen (secondary N) is 1. The molecular formula is C35H37Cl2N3O4S. The van der Waals surface area contributed by atoms with Crippen molar-refractivity contribution in [2.75, 3.05) is 17.4 Å². The number of carbonyl (C=O) groups excluding carboxylic acids is 2. The van der Waals surface area contributed by atoms with Gasteiger partial charge < -0.3 is 10.2 Å². The molecule has 4 aromatic rings. The standard InChI is InChI=1S/C35H37Cl2N3O4S/c1-4-17-38-35(42)33(21-27-11-7-5-8-12-27)39(23-28-15-16-29(36)22-32(28)37)34(41)24-40(30-19-25(2)18-26(3)20-30)45(43,44)31-13-9-6-10-14-31/h5-16,18-20,22,33H,4,17,21,23-24H2,1-3H3,(H,38,42). The number of hydrogen-bond acceptors (Lipinski definition) is 4. The largest absolute Gasteiger partial charge is 0.354 e. The van der Waals surface area contributed by atoms with Crippen LogP contribution in [0.15, 0.2) is 102 Å². The number of anilines is 1. The number of halogens is 2. The van der Waals surface area contributed by atoms with Crippen molar-refractivity contribution in [1.29, 1.82) is 0 Å². The number of benzene rings is 4. The molecule has 4 rings (SSSR count). The van der Waals surface area contributed by atoms with E-state index in [-0.39, 0.29) is 23.8 Å². The van der Waals surface area contributed by atoms with E-state index in [1.54, 1.807) is 48.5 Å². The lowest BCUT2D eigenvalue weighted by Crippen LogP contribution is -2.53. The molecule has 0 aliphatic heterocycles. The molecule has 4 aromatic carbocycles. The average molecular weight is 667 g/mol. The van der Waals surface area contributed by atoms with E-state index < -0.39 is 28.5 Å². The maximum Gasteiger partial charge on any atom is 0.264 e. The highest BCUT2D eigenvalue weighted by Gasteiger charge is 2.35. The Morgan fingerprint density at radius 2 is 1.47 bits per heavy atom. The molecule has 0 saturated heterocycles. The van der Waals surface area contributed by atoms with Gasteiger partial charge in [-0.1, -0.05) is 90.8 Å². The van der Waals surface area contributed by atoms with Crippen molar-refractivity contribution in [3.8, 4) is 0 Å². The second-order valence-corrected chi connectivity index (χ2v) is 13.6. The molecule has 0 saturated carbocycles. The molecule has 0 radical (unpaired) electrons. The molecule has 45 heavy (non-hydrogen) atoms. The van der Waals surface area contributed by atoms with Crippen LogP contribution in [0.5, 0.6) is 0 Å². The summed E-state index contributed by atoms with van der Waals surface area (Å²) in [6.07, 6.45) is 0.916. The third-order valence-electron chi connectivity index (χ3n) is 7.28. The molecule has 0 aliphatic carbocycles. The molecular weight excluding hydrogens is 629 g/mol. The quantitative estimate of drug-likeness (QED) is 0.167. The summed E-state index contributed by atoms with van der Waals surface area (Å²) in [6.45, 7) is 5.52. The van der Waals surface area contributed by atoms with E-state index in [1.165, 1.54) is 17.0 Å². The summed E-state index contributed by atoms with van der Waals surface area (Å²) in [4.78, 5) is 29.8. The fraction of sp³-hybridized carbons (Fsp3) is 0.257. The Morgan fingerprint density at radius 3 is 2.07 bits per heavy atom. The van der Waals surface area contributed by atoms with E-state index in [4.69, 9.17) is 23.2 Å². The molecule has 1 unspecified atom stereocenters. The van der Waals surface area contributed by atoms with Crippen LogP contribution in [0.2, 0.25) is 10.0 Å². The summed E-state index contributed by atoms with van der Waals surface area (Å²) in [5.74, 6) is -0.907. The number of sulfonamides is 1. The zero-order chi connectivity index (χ0) is 32.6. The van der Waals surface area contributed by atoms with E-state index in [0.29, 0.717) is 34.3 Å². The van der Waals surface area contributed by atoms with Gasteiger partial charge in [-0.05, 0) is 78.9 Å². The Bertz CT molecular complexity index is 1710. The molecule has 1 N–H and O–H groups in total. The Hall–Kier alpha value is -3.85. The predicted molar refractivity (Wildman–Crippen MR) is 181 cm³/mol. The molecule has 0 heterocycles. The van der Waals surface area contributed by atoms with Crippen molar-refractivity contribution in [3.05, 3.63) is 129 Å². The van der Waals surface area contributed by atoms with Crippen molar-refractivity contribution in [3.63, 3.8) is 0 Å². The number of amides is 2. The van der Waals surface area contributed by atoms with Crippen LogP contribution < -0.4 is 9.62 Å². The Labute approximate surface area is 275 Å². The predicted octanol–water partition coefficient (Wildman–Crippen LogP) is 6.97. The molecule has 7 nitrogen and oxygen atoms in total. The van der Waals surface area contributed by atoms with Gasteiger partial charge >= 0.3 is 0 Å². The number of carbonyl (C=O) groups is 2. The van der Waals surface area contributed by atoms with Crippen molar-refractivity contribution >= 4 is 50.7 Å². The molecule has 1 atom stereocenters. The van der Waals surface area contributed by atoms with E-state index >= 15 is 0 Å². The van der Waals surface area contributed by atoms with E-state index in [1.807, 2.05) is 57.2 Å². The first-order valence-electron chi connectivity index (χ1n) is 14.7. The van der Waals surface area contributed by atoms with Crippen LogP contribution in [0, 0.1) is 13.8 Å². The van der Waals surface area contributed by atoms with Gasteiger partial charge in [0.05, 0.1) is 10.6 Å². The monoisotopic (exact) mass is 665 g/mol. The summed E-state index contributed by atoms with van der Waals surface area (Å²) in [7, 11) is -4.18. The van der Waals surface area contributed by atoms with Crippen LogP contribution in [-0.4, -0.2) is 44.3 Å². The molecule has 0 bridgehead atoms. The highest BCUT2D eigenvalue weighted by molar-refractivity contribution is 7.92. The minimum absolute atomic E-state index is 0.0437. The van der Waals surface area contributed by atoms with Gasteiger partial charge in [-0.15, -0.1) is 0 Å². The van der Waals surface area contributed by atoms with Crippen molar-refractivity contribution in [1.82, 2.24) is 10.2 Å². The topological polar surface area (TPSA) is 86.8 Å². The highest BCUT2D eigenvalue weighted by Crippen LogP contribution is 2.28. The molecule has 2 amide bonds. The van der Waals surface area contributed by atoms with Gasteiger partial charge in [-0.25, -0.2) is 8.42 Å². The van der Waals surface area contributed by atoms with Crippen LogP contribution in [0.3, 0.4) is 0 Å². The molecule has 0 aliphatic rings. The number of hydrogen-bond donors (Lipinski definition) is 1.